The van der Waals surface area contributed by atoms with Crippen molar-refractivity contribution in [1.29, 1.82) is 0 Å². The van der Waals surface area contributed by atoms with Gasteiger partial charge in [0.25, 0.3) is 0 Å². The van der Waals surface area contributed by atoms with Crippen molar-refractivity contribution in [3.05, 3.63) is 0 Å². The first-order valence-corrected chi connectivity index (χ1v) is 7.39. The standard InChI is InChI=1S/C12H22N2OS/c1-9(2)13-10-4-7-14(11(10)15)8-12(16-3)5-6-12/h9-10,13H,4-8H2,1-3H3. The van der Waals surface area contributed by atoms with E-state index in [1.807, 2.05) is 11.8 Å². The molecule has 2 aliphatic rings. The van der Waals surface area contributed by atoms with Crippen LogP contribution in [-0.4, -0.2) is 47.0 Å². The van der Waals surface area contributed by atoms with Gasteiger partial charge in [-0.3, -0.25) is 4.79 Å². The first-order chi connectivity index (χ1) is 7.56. The number of hydrogen-bond acceptors (Lipinski definition) is 3. The fraction of sp³-hybridized carbons (Fsp3) is 0.917. The predicted octanol–water partition coefficient (Wildman–Crippen LogP) is 1.48. The molecule has 0 spiro atoms. The van der Waals surface area contributed by atoms with Gasteiger partial charge in [-0.05, 0) is 25.5 Å². The summed E-state index contributed by atoms with van der Waals surface area (Å²) in [7, 11) is 0. The van der Waals surface area contributed by atoms with E-state index in [1.165, 1.54) is 12.8 Å². The van der Waals surface area contributed by atoms with Crippen LogP contribution in [0.5, 0.6) is 0 Å². The molecule has 3 nitrogen and oxygen atoms in total. The maximum absolute atomic E-state index is 12.1. The van der Waals surface area contributed by atoms with Gasteiger partial charge in [0.1, 0.15) is 0 Å². The van der Waals surface area contributed by atoms with Gasteiger partial charge in [0.2, 0.25) is 5.91 Å². The van der Waals surface area contributed by atoms with Crippen molar-refractivity contribution in [3.8, 4) is 0 Å². The van der Waals surface area contributed by atoms with Crippen molar-refractivity contribution in [2.24, 2.45) is 0 Å². The van der Waals surface area contributed by atoms with Crippen LogP contribution in [0.15, 0.2) is 0 Å². The Morgan fingerprint density at radius 1 is 1.56 bits per heavy atom. The summed E-state index contributed by atoms with van der Waals surface area (Å²) in [6, 6.07) is 0.460. The van der Waals surface area contributed by atoms with E-state index >= 15 is 0 Å². The third kappa shape index (κ3) is 2.54. The maximum atomic E-state index is 12.1. The number of carbonyl (C=O) groups excluding carboxylic acids is 1. The van der Waals surface area contributed by atoms with Crippen LogP contribution in [0.1, 0.15) is 33.1 Å². The summed E-state index contributed by atoms with van der Waals surface area (Å²) in [4.78, 5) is 14.2. The van der Waals surface area contributed by atoms with Crippen LogP contribution in [0.4, 0.5) is 0 Å². The Bertz CT molecular complexity index is 276. The zero-order valence-electron chi connectivity index (χ0n) is 10.5. The van der Waals surface area contributed by atoms with Crippen molar-refractivity contribution in [2.75, 3.05) is 19.3 Å². The van der Waals surface area contributed by atoms with Crippen LogP contribution in [0.2, 0.25) is 0 Å². The van der Waals surface area contributed by atoms with E-state index < -0.39 is 0 Å². The van der Waals surface area contributed by atoms with Crippen molar-refractivity contribution < 1.29 is 4.79 Å². The van der Waals surface area contributed by atoms with E-state index in [9.17, 15) is 4.79 Å². The van der Waals surface area contributed by atoms with Gasteiger partial charge in [0.15, 0.2) is 0 Å². The average molecular weight is 242 g/mol. The quantitative estimate of drug-likeness (QED) is 0.792. The molecule has 4 heteroatoms. The minimum absolute atomic E-state index is 0.0673. The number of amides is 1. The molecular weight excluding hydrogens is 220 g/mol. The highest BCUT2D eigenvalue weighted by Gasteiger charge is 2.46. The number of likely N-dealkylation sites (tertiary alicyclic amines) is 1. The molecule has 0 bridgehead atoms. The summed E-state index contributed by atoms with van der Waals surface area (Å²) in [5.74, 6) is 0.314. The highest BCUT2D eigenvalue weighted by atomic mass is 32.2. The van der Waals surface area contributed by atoms with E-state index in [0.29, 0.717) is 16.7 Å². The summed E-state index contributed by atoms with van der Waals surface area (Å²) < 4.78 is 0.405. The van der Waals surface area contributed by atoms with Crippen molar-refractivity contribution in [2.45, 2.75) is 49.9 Å². The molecule has 1 saturated carbocycles. The lowest BCUT2D eigenvalue weighted by atomic mass is 10.2. The molecule has 92 valence electrons. The van der Waals surface area contributed by atoms with Crippen LogP contribution in [0.25, 0.3) is 0 Å². The van der Waals surface area contributed by atoms with Gasteiger partial charge in [0, 0.05) is 23.9 Å². The lowest BCUT2D eigenvalue weighted by Gasteiger charge is -2.22. The van der Waals surface area contributed by atoms with E-state index in [-0.39, 0.29) is 6.04 Å². The number of nitrogens with one attached hydrogen (secondary N) is 1. The molecule has 1 heterocycles. The molecule has 0 aromatic carbocycles. The number of rotatable bonds is 5. The monoisotopic (exact) mass is 242 g/mol. The Labute approximate surface area is 102 Å². The fourth-order valence-corrected chi connectivity index (χ4v) is 3.16. The highest BCUT2D eigenvalue weighted by molar-refractivity contribution is 8.00. The lowest BCUT2D eigenvalue weighted by molar-refractivity contribution is -0.129. The smallest absolute Gasteiger partial charge is 0.239 e. The molecule has 1 aliphatic carbocycles. The first-order valence-electron chi connectivity index (χ1n) is 6.16. The summed E-state index contributed by atoms with van der Waals surface area (Å²) in [5, 5.41) is 3.35. The van der Waals surface area contributed by atoms with Crippen molar-refractivity contribution in [3.63, 3.8) is 0 Å². The lowest BCUT2D eigenvalue weighted by Crippen LogP contribution is -2.43. The third-order valence-electron chi connectivity index (χ3n) is 3.55. The largest absolute Gasteiger partial charge is 0.340 e. The Morgan fingerprint density at radius 2 is 2.25 bits per heavy atom. The van der Waals surface area contributed by atoms with Gasteiger partial charge < -0.3 is 10.2 Å². The van der Waals surface area contributed by atoms with Crippen LogP contribution in [0.3, 0.4) is 0 Å². The zero-order valence-corrected chi connectivity index (χ0v) is 11.3. The van der Waals surface area contributed by atoms with Gasteiger partial charge in [-0.15, -0.1) is 0 Å². The van der Waals surface area contributed by atoms with E-state index in [2.05, 4.69) is 30.3 Å². The van der Waals surface area contributed by atoms with Gasteiger partial charge in [-0.1, -0.05) is 13.8 Å². The molecule has 2 rings (SSSR count). The Kier molecular flexibility index (Phi) is 3.50. The summed E-state index contributed by atoms with van der Waals surface area (Å²) in [5.41, 5.74) is 0. The van der Waals surface area contributed by atoms with Gasteiger partial charge >= 0.3 is 0 Å². The van der Waals surface area contributed by atoms with Crippen LogP contribution in [0, 0.1) is 0 Å². The third-order valence-corrected chi connectivity index (χ3v) is 4.96. The van der Waals surface area contributed by atoms with Crippen molar-refractivity contribution in [1.82, 2.24) is 10.2 Å². The molecule has 1 atom stereocenters. The van der Waals surface area contributed by atoms with Gasteiger partial charge in [-0.2, -0.15) is 11.8 Å². The minimum atomic E-state index is 0.0673. The molecule has 1 N–H and O–H groups in total. The summed E-state index contributed by atoms with van der Waals surface area (Å²) in [6.45, 7) is 6.09. The van der Waals surface area contributed by atoms with Crippen molar-refractivity contribution >= 4 is 17.7 Å². The number of nitrogens with zero attached hydrogens (tertiary/aromatic N) is 1. The first kappa shape index (κ1) is 12.2. The molecule has 0 aromatic rings. The maximum Gasteiger partial charge on any atom is 0.239 e. The second-order valence-electron chi connectivity index (χ2n) is 5.31. The number of thioether (sulfide) groups is 1. The molecule has 1 saturated heterocycles. The molecule has 2 fully saturated rings. The van der Waals surface area contributed by atoms with Crippen LogP contribution >= 0.6 is 11.8 Å². The predicted molar refractivity (Wildman–Crippen MR) is 68.7 cm³/mol. The van der Waals surface area contributed by atoms with Gasteiger partial charge in [-0.25, -0.2) is 0 Å². The zero-order chi connectivity index (χ0) is 11.8. The van der Waals surface area contributed by atoms with E-state index in [4.69, 9.17) is 0 Å². The molecule has 0 radical (unpaired) electrons. The number of carbonyl (C=O) groups is 1. The summed E-state index contributed by atoms with van der Waals surface area (Å²) >= 11 is 1.93. The average Bonchev–Trinajstić information content (AvgIpc) is 2.94. The van der Waals surface area contributed by atoms with E-state index in [1.54, 1.807) is 0 Å². The van der Waals surface area contributed by atoms with E-state index in [0.717, 1.165) is 19.5 Å². The van der Waals surface area contributed by atoms with Gasteiger partial charge in [0.05, 0.1) is 6.04 Å². The molecule has 1 aliphatic heterocycles. The highest BCUT2D eigenvalue weighted by Crippen LogP contribution is 2.48. The molecular formula is C12H22N2OS. The second kappa shape index (κ2) is 4.57. The molecule has 1 unspecified atom stereocenters. The fourth-order valence-electron chi connectivity index (χ4n) is 2.37. The molecule has 1 amide bonds. The van der Waals surface area contributed by atoms with Crippen LogP contribution in [-0.2, 0) is 4.79 Å². The van der Waals surface area contributed by atoms with Crippen LogP contribution < -0.4 is 5.32 Å². The topological polar surface area (TPSA) is 32.3 Å². The minimum Gasteiger partial charge on any atom is -0.340 e. The molecule has 16 heavy (non-hydrogen) atoms. The molecule has 0 aromatic heterocycles. The summed E-state index contributed by atoms with van der Waals surface area (Å²) in [6.07, 6.45) is 5.69. The second-order valence-corrected chi connectivity index (χ2v) is 6.58. The Hall–Kier alpha value is -0.220. The Morgan fingerprint density at radius 3 is 2.75 bits per heavy atom. The SMILES string of the molecule is CSC1(CN2CCC(NC(C)C)C2=O)CC1. The number of hydrogen-bond donors (Lipinski definition) is 1. The Balaban J connectivity index is 1.87. The normalized spacial score (nSPS) is 27.9.